The second kappa shape index (κ2) is 8.77. The Morgan fingerprint density at radius 3 is 2.77 bits per heavy atom. The molecule has 2 aliphatic rings. The molecule has 7 nitrogen and oxygen atoms in total. The molecule has 30 heavy (non-hydrogen) atoms. The Hall–Kier alpha value is -2.39. The smallest absolute Gasteiger partial charge is 0.264 e. The number of ether oxygens (including phenoxy) is 2. The van der Waals surface area contributed by atoms with Crippen LogP contribution in [0.25, 0.3) is 10.2 Å². The molecule has 0 spiro atoms. The summed E-state index contributed by atoms with van der Waals surface area (Å²) in [6, 6.07) is 9.96. The zero-order valence-electron chi connectivity index (χ0n) is 16.7. The third kappa shape index (κ3) is 3.96. The Morgan fingerprint density at radius 1 is 1.07 bits per heavy atom. The van der Waals surface area contributed by atoms with Gasteiger partial charge in [0.2, 0.25) is 0 Å². The predicted molar refractivity (Wildman–Crippen MR) is 115 cm³/mol. The first-order valence-corrected chi connectivity index (χ1v) is 11.1. The number of nitrogens with zero attached hydrogens (tertiary/aromatic N) is 4. The molecule has 3 aromatic rings. The fourth-order valence-electron chi connectivity index (χ4n) is 4.08. The minimum absolute atomic E-state index is 0.0572. The molecule has 0 unspecified atom stereocenters. The number of amides is 1. The Morgan fingerprint density at radius 2 is 1.93 bits per heavy atom. The molecule has 2 aliphatic heterocycles. The quantitative estimate of drug-likeness (QED) is 0.642. The van der Waals surface area contributed by atoms with Crippen LogP contribution >= 0.6 is 11.3 Å². The summed E-state index contributed by atoms with van der Waals surface area (Å²) >= 11 is 1.47. The minimum Gasteiger partial charge on any atom is -0.378 e. The molecule has 5 heterocycles. The van der Waals surface area contributed by atoms with Crippen LogP contribution in [0.5, 0.6) is 0 Å². The van der Waals surface area contributed by atoms with Gasteiger partial charge in [-0.25, -0.2) is 4.98 Å². The van der Waals surface area contributed by atoms with E-state index < -0.39 is 0 Å². The number of morpholine rings is 2. The van der Waals surface area contributed by atoms with Crippen molar-refractivity contribution >= 4 is 27.5 Å². The maximum absolute atomic E-state index is 13.4. The molecule has 3 aromatic heterocycles. The average Bonchev–Trinajstić information content (AvgIpc) is 3.20. The van der Waals surface area contributed by atoms with E-state index in [4.69, 9.17) is 9.47 Å². The molecule has 1 atom stereocenters. The van der Waals surface area contributed by atoms with Gasteiger partial charge in [-0.2, -0.15) is 0 Å². The van der Waals surface area contributed by atoms with E-state index in [0.29, 0.717) is 32.9 Å². The number of fused-ring (bicyclic) bond motifs is 1. The van der Waals surface area contributed by atoms with E-state index in [1.54, 1.807) is 6.20 Å². The molecule has 0 radical (unpaired) electrons. The zero-order valence-corrected chi connectivity index (χ0v) is 17.5. The van der Waals surface area contributed by atoms with E-state index in [-0.39, 0.29) is 12.0 Å². The van der Waals surface area contributed by atoms with Crippen LogP contribution in [-0.4, -0.2) is 71.7 Å². The topological polar surface area (TPSA) is 67.8 Å². The van der Waals surface area contributed by atoms with E-state index in [1.165, 1.54) is 11.3 Å². The first-order chi connectivity index (χ1) is 14.8. The van der Waals surface area contributed by atoms with Crippen molar-refractivity contribution < 1.29 is 14.3 Å². The van der Waals surface area contributed by atoms with E-state index in [1.807, 2.05) is 41.4 Å². The summed E-state index contributed by atoms with van der Waals surface area (Å²) in [5.74, 6) is 0.0572. The van der Waals surface area contributed by atoms with Crippen molar-refractivity contribution in [3.63, 3.8) is 0 Å². The SMILES string of the molecule is O=C(c1sc2ncccc2c1[C@H]1CN(Cc2ccccn2)CCO1)N1CCOCC1. The number of rotatable bonds is 4. The lowest BCUT2D eigenvalue weighted by molar-refractivity contribution is -0.0329. The highest BCUT2D eigenvalue weighted by Gasteiger charge is 2.32. The fraction of sp³-hybridized carbons (Fsp3) is 0.409. The maximum atomic E-state index is 13.4. The van der Waals surface area contributed by atoms with Gasteiger partial charge in [-0.1, -0.05) is 12.1 Å². The third-order valence-corrected chi connectivity index (χ3v) is 6.70. The Labute approximate surface area is 179 Å². The summed E-state index contributed by atoms with van der Waals surface area (Å²) in [4.78, 5) is 28.2. The molecule has 1 amide bonds. The van der Waals surface area contributed by atoms with Gasteiger partial charge in [-0.05, 0) is 18.2 Å². The van der Waals surface area contributed by atoms with Gasteiger partial charge in [0.25, 0.3) is 5.91 Å². The molecule has 0 aromatic carbocycles. The number of carbonyl (C=O) groups excluding carboxylic acids is 1. The standard InChI is InChI=1S/C22H24N4O3S/c27-22(26-9-11-28-12-10-26)20-19(17-5-3-7-24-21(17)30-20)18-15-25(8-13-29-18)14-16-4-1-2-6-23-16/h1-7,18H,8-15H2/t18-/m1/s1. The molecular formula is C22H24N4O3S. The lowest BCUT2D eigenvalue weighted by Crippen LogP contribution is -2.41. The van der Waals surface area contributed by atoms with E-state index in [2.05, 4.69) is 14.9 Å². The number of hydrogen-bond acceptors (Lipinski definition) is 7. The summed E-state index contributed by atoms with van der Waals surface area (Å²) in [6.07, 6.45) is 3.44. The van der Waals surface area contributed by atoms with Crippen LogP contribution in [0.1, 0.15) is 27.0 Å². The number of pyridine rings is 2. The lowest BCUT2D eigenvalue weighted by Gasteiger charge is -2.33. The van der Waals surface area contributed by atoms with E-state index >= 15 is 0 Å². The Bertz CT molecular complexity index is 1020. The molecular weight excluding hydrogens is 400 g/mol. The molecule has 2 fully saturated rings. The predicted octanol–water partition coefficient (Wildman–Crippen LogP) is 2.74. The van der Waals surface area contributed by atoms with E-state index in [0.717, 1.165) is 46.0 Å². The lowest BCUT2D eigenvalue weighted by atomic mass is 10.0. The van der Waals surface area contributed by atoms with Crippen molar-refractivity contribution in [3.8, 4) is 0 Å². The first kappa shape index (κ1) is 19.6. The van der Waals surface area contributed by atoms with Crippen LogP contribution in [0.2, 0.25) is 0 Å². The monoisotopic (exact) mass is 424 g/mol. The van der Waals surface area contributed by atoms with Gasteiger partial charge in [0.1, 0.15) is 9.71 Å². The van der Waals surface area contributed by atoms with Crippen molar-refractivity contribution in [2.45, 2.75) is 12.6 Å². The molecule has 8 heteroatoms. The maximum Gasteiger partial charge on any atom is 0.264 e. The van der Waals surface area contributed by atoms with Gasteiger partial charge >= 0.3 is 0 Å². The van der Waals surface area contributed by atoms with Crippen molar-refractivity contribution in [1.29, 1.82) is 0 Å². The van der Waals surface area contributed by atoms with Gasteiger partial charge < -0.3 is 14.4 Å². The van der Waals surface area contributed by atoms with E-state index in [9.17, 15) is 4.79 Å². The number of aromatic nitrogens is 2. The van der Waals surface area contributed by atoms with Crippen LogP contribution < -0.4 is 0 Å². The Kier molecular flexibility index (Phi) is 5.72. The largest absolute Gasteiger partial charge is 0.378 e. The zero-order chi connectivity index (χ0) is 20.3. The third-order valence-electron chi connectivity index (χ3n) is 5.58. The van der Waals surface area contributed by atoms with Crippen LogP contribution in [0.3, 0.4) is 0 Å². The highest BCUT2D eigenvalue weighted by atomic mass is 32.1. The minimum atomic E-state index is -0.166. The van der Waals surface area contributed by atoms with Gasteiger partial charge in [-0.15, -0.1) is 11.3 Å². The van der Waals surface area contributed by atoms with Gasteiger partial charge in [0.15, 0.2) is 0 Å². The van der Waals surface area contributed by atoms with Gasteiger partial charge in [0, 0.05) is 56.1 Å². The van der Waals surface area contributed by atoms with Crippen molar-refractivity contribution in [2.24, 2.45) is 0 Å². The van der Waals surface area contributed by atoms with Gasteiger partial charge in [0.05, 0.1) is 31.6 Å². The fourth-order valence-corrected chi connectivity index (χ4v) is 5.24. The number of carbonyl (C=O) groups is 1. The normalized spacial score (nSPS) is 20.5. The van der Waals surface area contributed by atoms with Gasteiger partial charge in [-0.3, -0.25) is 14.7 Å². The van der Waals surface area contributed by atoms with Crippen molar-refractivity contribution in [2.75, 3.05) is 46.0 Å². The molecule has 156 valence electrons. The molecule has 2 saturated heterocycles. The molecule has 0 bridgehead atoms. The summed E-state index contributed by atoms with van der Waals surface area (Å²) in [6.45, 7) is 5.38. The first-order valence-electron chi connectivity index (χ1n) is 10.3. The summed E-state index contributed by atoms with van der Waals surface area (Å²) in [7, 11) is 0. The molecule has 0 aliphatic carbocycles. The number of thiophene rings is 1. The molecule has 5 rings (SSSR count). The van der Waals surface area contributed by atoms with Crippen LogP contribution in [-0.2, 0) is 16.0 Å². The van der Waals surface area contributed by atoms with Crippen LogP contribution in [0.4, 0.5) is 0 Å². The highest BCUT2D eigenvalue weighted by Crippen LogP contribution is 2.38. The summed E-state index contributed by atoms with van der Waals surface area (Å²) in [5.41, 5.74) is 2.02. The Balaban J connectivity index is 1.45. The van der Waals surface area contributed by atoms with Crippen LogP contribution in [0, 0.1) is 0 Å². The van der Waals surface area contributed by atoms with Crippen LogP contribution in [0.15, 0.2) is 42.7 Å². The molecule has 0 N–H and O–H groups in total. The highest BCUT2D eigenvalue weighted by molar-refractivity contribution is 7.20. The number of hydrogen-bond donors (Lipinski definition) is 0. The van der Waals surface area contributed by atoms with Crippen molar-refractivity contribution in [1.82, 2.24) is 19.8 Å². The average molecular weight is 425 g/mol. The molecule has 0 saturated carbocycles. The van der Waals surface area contributed by atoms with Crippen molar-refractivity contribution in [3.05, 3.63) is 58.9 Å². The second-order valence-electron chi connectivity index (χ2n) is 7.52. The summed E-state index contributed by atoms with van der Waals surface area (Å²) < 4.78 is 11.6. The second-order valence-corrected chi connectivity index (χ2v) is 8.52. The summed E-state index contributed by atoms with van der Waals surface area (Å²) in [5, 5.41) is 1.02.